The van der Waals surface area contributed by atoms with Crippen LogP contribution in [0.4, 0.5) is 0 Å². The Morgan fingerprint density at radius 2 is 1.82 bits per heavy atom. The van der Waals surface area contributed by atoms with Crippen molar-refractivity contribution in [2.24, 2.45) is 5.10 Å². The van der Waals surface area contributed by atoms with Crippen molar-refractivity contribution in [3.05, 3.63) is 81.5 Å². The molecule has 0 saturated heterocycles. The minimum absolute atomic E-state index is 0.0137. The molecule has 0 aliphatic heterocycles. The molecule has 0 aliphatic rings. The Hall–Kier alpha value is -3.09. The Labute approximate surface area is 170 Å². The lowest BCUT2D eigenvalue weighted by Crippen LogP contribution is -2.19. The highest BCUT2D eigenvalue weighted by atomic mass is 35.5. The number of nitrogens with zero attached hydrogens (tertiary/aromatic N) is 1. The Kier molecular flexibility index (Phi) is 6.13. The molecule has 1 heterocycles. The van der Waals surface area contributed by atoms with E-state index in [-0.39, 0.29) is 22.9 Å². The van der Waals surface area contributed by atoms with E-state index in [1.807, 2.05) is 0 Å². The number of carbonyl (C=O) groups is 2. The number of hydrogen-bond donors (Lipinski definition) is 2. The van der Waals surface area contributed by atoms with Crippen molar-refractivity contribution in [2.45, 2.75) is 6.42 Å². The van der Waals surface area contributed by atoms with E-state index in [1.54, 1.807) is 42.5 Å². The second-order valence-electron chi connectivity index (χ2n) is 5.80. The third-order valence-corrected chi connectivity index (χ3v) is 4.35. The Bertz CT molecular complexity index is 1040. The predicted molar refractivity (Wildman–Crippen MR) is 107 cm³/mol. The number of halogens is 2. The van der Waals surface area contributed by atoms with Crippen molar-refractivity contribution >= 4 is 41.3 Å². The van der Waals surface area contributed by atoms with E-state index < -0.39 is 5.97 Å². The summed E-state index contributed by atoms with van der Waals surface area (Å²) in [5.74, 6) is -0.556. The number of benzene rings is 2. The number of hydrazone groups is 1. The molecule has 0 saturated carbocycles. The first kappa shape index (κ1) is 19.7. The highest BCUT2D eigenvalue weighted by molar-refractivity contribution is 6.33. The van der Waals surface area contributed by atoms with E-state index in [1.165, 1.54) is 18.3 Å². The number of amides is 1. The molecular weight excluding hydrogens is 403 g/mol. The highest BCUT2D eigenvalue weighted by Crippen LogP contribution is 2.26. The van der Waals surface area contributed by atoms with Gasteiger partial charge in [-0.2, -0.15) is 5.10 Å². The Balaban J connectivity index is 1.62. The maximum atomic E-state index is 11.9. The van der Waals surface area contributed by atoms with Crippen LogP contribution in [0.3, 0.4) is 0 Å². The summed E-state index contributed by atoms with van der Waals surface area (Å²) in [4.78, 5) is 23.1. The van der Waals surface area contributed by atoms with Gasteiger partial charge in [-0.15, -0.1) is 0 Å². The molecule has 142 valence electrons. The van der Waals surface area contributed by atoms with Gasteiger partial charge in [0.15, 0.2) is 0 Å². The lowest BCUT2D eigenvalue weighted by molar-refractivity contribution is -0.120. The molecule has 2 aromatic carbocycles. The molecule has 8 heteroatoms. The van der Waals surface area contributed by atoms with E-state index in [0.29, 0.717) is 22.1 Å². The van der Waals surface area contributed by atoms with Crippen LogP contribution in [-0.4, -0.2) is 23.2 Å². The number of furan rings is 1. The van der Waals surface area contributed by atoms with Gasteiger partial charge in [0.05, 0.1) is 23.2 Å². The quantitative estimate of drug-likeness (QED) is 0.451. The van der Waals surface area contributed by atoms with Crippen LogP contribution >= 0.6 is 23.2 Å². The van der Waals surface area contributed by atoms with Gasteiger partial charge in [-0.3, -0.25) is 4.79 Å². The SMILES string of the molecule is O=C(Cc1ccc(Cl)cc1)N/N=C\c1ccc(-c2ccc(Cl)c(C(=O)O)c2)o1. The van der Waals surface area contributed by atoms with Crippen LogP contribution in [0.5, 0.6) is 0 Å². The molecule has 28 heavy (non-hydrogen) atoms. The average molecular weight is 417 g/mol. The van der Waals surface area contributed by atoms with Gasteiger partial charge < -0.3 is 9.52 Å². The molecule has 0 unspecified atom stereocenters. The summed E-state index contributed by atoms with van der Waals surface area (Å²) in [6, 6.07) is 14.9. The lowest BCUT2D eigenvalue weighted by atomic mass is 10.1. The number of aromatic carboxylic acids is 1. The predicted octanol–water partition coefficient (Wildman–Crippen LogP) is 4.64. The fraction of sp³-hybridized carbons (Fsp3) is 0.0500. The standard InChI is InChI=1S/C20H14Cl2N2O4/c21-14-4-1-12(2-5-14)9-19(25)24-23-11-15-6-8-18(28-15)13-3-7-17(22)16(10-13)20(26)27/h1-8,10-11H,9H2,(H,24,25)(H,26,27)/b23-11-. The van der Waals surface area contributed by atoms with Gasteiger partial charge in [-0.05, 0) is 48.0 Å². The number of nitrogens with one attached hydrogen (secondary N) is 1. The van der Waals surface area contributed by atoms with E-state index in [2.05, 4.69) is 10.5 Å². The third kappa shape index (κ3) is 5.00. The summed E-state index contributed by atoms with van der Waals surface area (Å²) in [5, 5.41) is 13.8. The van der Waals surface area contributed by atoms with Crippen LogP contribution in [0.15, 0.2) is 64.1 Å². The molecule has 6 nitrogen and oxygen atoms in total. The average Bonchev–Trinajstić information content (AvgIpc) is 3.12. The Morgan fingerprint density at radius 1 is 1.07 bits per heavy atom. The fourth-order valence-corrected chi connectivity index (χ4v) is 2.74. The summed E-state index contributed by atoms with van der Waals surface area (Å²) in [6.07, 6.45) is 1.53. The molecule has 3 aromatic rings. The number of rotatable bonds is 6. The topological polar surface area (TPSA) is 91.9 Å². The summed E-state index contributed by atoms with van der Waals surface area (Å²) in [6.45, 7) is 0. The van der Waals surface area contributed by atoms with Crippen molar-refractivity contribution in [3.63, 3.8) is 0 Å². The molecule has 0 radical (unpaired) electrons. The third-order valence-electron chi connectivity index (χ3n) is 3.77. The molecule has 0 spiro atoms. The molecule has 0 fully saturated rings. The maximum absolute atomic E-state index is 11.9. The summed E-state index contributed by atoms with van der Waals surface area (Å²) < 4.78 is 5.61. The normalized spacial score (nSPS) is 10.9. The van der Waals surface area contributed by atoms with Crippen molar-refractivity contribution in [3.8, 4) is 11.3 Å². The molecule has 2 N–H and O–H groups in total. The molecule has 1 aromatic heterocycles. The number of hydrogen-bond acceptors (Lipinski definition) is 4. The first-order valence-electron chi connectivity index (χ1n) is 8.12. The van der Waals surface area contributed by atoms with Crippen LogP contribution in [0.2, 0.25) is 10.0 Å². The van der Waals surface area contributed by atoms with E-state index >= 15 is 0 Å². The zero-order valence-electron chi connectivity index (χ0n) is 14.4. The lowest BCUT2D eigenvalue weighted by Gasteiger charge is -2.02. The van der Waals surface area contributed by atoms with Gasteiger partial charge in [0.1, 0.15) is 11.5 Å². The minimum Gasteiger partial charge on any atom is -0.478 e. The zero-order chi connectivity index (χ0) is 20.1. The van der Waals surface area contributed by atoms with Gasteiger partial charge in [-0.25, -0.2) is 10.2 Å². The zero-order valence-corrected chi connectivity index (χ0v) is 15.9. The summed E-state index contributed by atoms with van der Waals surface area (Å²) in [5.41, 5.74) is 3.78. The number of carboxylic acids is 1. The van der Waals surface area contributed by atoms with Crippen molar-refractivity contribution in [1.29, 1.82) is 0 Å². The molecule has 0 bridgehead atoms. The monoisotopic (exact) mass is 416 g/mol. The highest BCUT2D eigenvalue weighted by Gasteiger charge is 2.12. The first-order chi connectivity index (χ1) is 13.4. The van der Waals surface area contributed by atoms with Crippen LogP contribution in [-0.2, 0) is 11.2 Å². The molecule has 3 rings (SSSR count). The number of carboxylic acid groups (broad SMARTS) is 1. The van der Waals surface area contributed by atoms with Gasteiger partial charge >= 0.3 is 5.97 Å². The summed E-state index contributed by atoms with van der Waals surface area (Å²) in [7, 11) is 0. The first-order valence-corrected chi connectivity index (χ1v) is 8.87. The number of carbonyl (C=O) groups excluding carboxylic acids is 1. The second-order valence-corrected chi connectivity index (χ2v) is 6.64. The van der Waals surface area contributed by atoms with E-state index in [4.69, 9.17) is 32.7 Å². The van der Waals surface area contributed by atoms with Crippen LogP contribution in [0.25, 0.3) is 11.3 Å². The van der Waals surface area contributed by atoms with Crippen molar-refractivity contribution in [1.82, 2.24) is 5.43 Å². The molecular formula is C20H14Cl2N2O4. The fourth-order valence-electron chi connectivity index (χ4n) is 2.41. The van der Waals surface area contributed by atoms with Crippen LogP contribution in [0.1, 0.15) is 21.7 Å². The second kappa shape index (κ2) is 8.73. The van der Waals surface area contributed by atoms with Gasteiger partial charge in [0.25, 0.3) is 0 Å². The van der Waals surface area contributed by atoms with E-state index in [9.17, 15) is 9.59 Å². The molecule has 0 aliphatic carbocycles. The smallest absolute Gasteiger partial charge is 0.337 e. The van der Waals surface area contributed by atoms with Gasteiger partial charge in [-0.1, -0.05) is 35.3 Å². The maximum Gasteiger partial charge on any atom is 0.337 e. The van der Waals surface area contributed by atoms with Crippen LogP contribution in [0, 0.1) is 0 Å². The Morgan fingerprint density at radius 3 is 2.54 bits per heavy atom. The van der Waals surface area contributed by atoms with Crippen molar-refractivity contribution in [2.75, 3.05) is 0 Å². The van der Waals surface area contributed by atoms with Gasteiger partial charge in [0, 0.05) is 10.6 Å². The van der Waals surface area contributed by atoms with E-state index in [0.717, 1.165) is 5.56 Å². The minimum atomic E-state index is -1.12. The van der Waals surface area contributed by atoms with Gasteiger partial charge in [0.2, 0.25) is 5.91 Å². The molecule has 1 amide bonds. The van der Waals surface area contributed by atoms with Crippen molar-refractivity contribution < 1.29 is 19.1 Å². The largest absolute Gasteiger partial charge is 0.478 e. The molecule has 0 atom stereocenters. The van der Waals surface area contributed by atoms with Crippen LogP contribution < -0.4 is 5.43 Å². The summed E-state index contributed by atoms with van der Waals surface area (Å²) >= 11 is 11.7.